The van der Waals surface area contributed by atoms with Crippen LogP contribution in [0.2, 0.25) is 0 Å². The lowest BCUT2D eigenvalue weighted by Gasteiger charge is -2.20. The Bertz CT molecular complexity index is 474. The molecule has 2 fully saturated rings. The van der Waals surface area contributed by atoms with Gasteiger partial charge in [0, 0.05) is 13.6 Å². The van der Waals surface area contributed by atoms with Crippen molar-refractivity contribution in [2.24, 2.45) is 5.41 Å². The number of alkyl halides is 3. The van der Waals surface area contributed by atoms with Crippen molar-refractivity contribution < 1.29 is 27.6 Å². The molecule has 0 aromatic carbocycles. The highest BCUT2D eigenvalue weighted by Gasteiger charge is 2.57. The monoisotopic (exact) mass is 307 g/mol. The number of halogens is 3. The van der Waals surface area contributed by atoms with Gasteiger partial charge in [-0.25, -0.2) is 0 Å². The number of likely N-dealkylation sites (tertiary alicyclic amines) is 1. The fourth-order valence-electron chi connectivity index (χ4n) is 2.46. The van der Waals surface area contributed by atoms with Crippen LogP contribution in [-0.2, 0) is 14.4 Å². The van der Waals surface area contributed by atoms with Crippen LogP contribution in [0.4, 0.5) is 13.2 Å². The molecule has 1 saturated carbocycles. The molecule has 118 valence electrons. The van der Waals surface area contributed by atoms with E-state index in [4.69, 9.17) is 0 Å². The standard InChI is InChI=1S/C12H16F3N3O3/c1-16-9(20)11(3-4-11)10(21)17-7-2-5-18(8(7)19)6-12(13,14)15/h7H,2-6H2,1H3,(H,16,20)(H,17,21). The van der Waals surface area contributed by atoms with Crippen molar-refractivity contribution >= 4 is 17.7 Å². The first-order valence-electron chi connectivity index (χ1n) is 6.58. The number of nitrogens with zero attached hydrogens (tertiary/aromatic N) is 1. The lowest BCUT2D eigenvalue weighted by atomic mass is 10.0. The summed E-state index contributed by atoms with van der Waals surface area (Å²) in [5.74, 6) is -1.78. The van der Waals surface area contributed by atoms with Crippen LogP contribution in [0.3, 0.4) is 0 Å². The second-order valence-electron chi connectivity index (χ2n) is 5.35. The minimum Gasteiger partial charge on any atom is -0.358 e. The summed E-state index contributed by atoms with van der Waals surface area (Å²) >= 11 is 0. The second kappa shape index (κ2) is 5.19. The van der Waals surface area contributed by atoms with Crippen LogP contribution in [-0.4, -0.2) is 55.0 Å². The van der Waals surface area contributed by atoms with Crippen molar-refractivity contribution in [2.45, 2.75) is 31.5 Å². The summed E-state index contributed by atoms with van der Waals surface area (Å²) < 4.78 is 36.9. The van der Waals surface area contributed by atoms with Gasteiger partial charge in [-0.2, -0.15) is 13.2 Å². The van der Waals surface area contributed by atoms with Crippen molar-refractivity contribution in [3.8, 4) is 0 Å². The molecule has 0 aromatic rings. The van der Waals surface area contributed by atoms with Gasteiger partial charge >= 0.3 is 6.18 Å². The third-order valence-electron chi connectivity index (χ3n) is 3.82. The fraction of sp³-hybridized carbons (Fsp3) is 0.750. The Balaban J connectivity index is 1.94. The highest BCUT2D eigenvalue weighted by molar-refractivity contribution is 6.08. The molecule has 3 amide bonds. The summed E-state index contributed by atoms with van der Waals surface area (Å²) in [5.41, 5.74) is -1.16. The average molecular weight is 307 g/mol. The lowest BCUT2D eigenvalue weighted by Crippen LogP contribution is -2.49. The number of hydrogen-bond donors (Lipinski definition) is 2. The minimum atomic E-state index is -4.46. The molecule has 0 radical (unpaired) electrons. The molecule has 1 aliphatic heterocycles. The van der Waals surface area contributed by atoms with E-state index < -0.39 is 41.9 Å². The van der Waals surface area contributed by atoms with E-state index in [1.54, 1.807) is 0 Å². The molecule has 0 bridgehead atoms. The van der Waals surface area contributed by atoms with E-state index in [0.717, 1.165) is 0 Å². The Labute approximate surface area is 119 Å². The van der Waals surface area contributed by atoms with Crippen molar-refractivity contribution in [1.82, 2.24) is 15.5 Å². The maximum absolute atomic E-state index is 12.3. The first-order valence-corrected chi connectivity index (χ1v) is 6.58. The van der Waals surface area contributed by atoms with Gasteiger partial charge in [-0.15, -0.1) is 0 Å². The summed E-state index contributed by atoms with van der Waals surface area (Å²) in [6.45, 7) is -1.38. The van der Waals surface area contributed by atoms with Gasteiger partial charge in [-0.1, -0.05) is 0 Å². The molecule has 1 heterocycles. The Morgan fingerprint density at radius 3 is 2.43 bits per heavy atom. The van der Waals surface area contributed by atoms with E-state index in [1.807, 2.05) is 0 Å². The maximum atomic E-state index is 12.3. The minimum absolute atomic E-state index is 0.0593. The number of nitrogens with one attached hydrogen (secondary N) is 2. The van der Waals surface area contributed by atoms with Crippen molar-refractivity contribution in [1.29, 1.82) is 0 Å². The van der Waals surface area contributed by atoms with E-state index in [9.17, 15) is 27.6 Å². The summed E-state index contributed by atoms with van der Waals surface area (Å²) in [6, 6.07) is -0.984. The molecule has 21 heavy (non-hydrogen) atoms. The zero-order valence-corrected chi connectivity index (χ0v) is 11.4. The average Bonchev–Trinajstić information content (AvgIpc) is 3.14. The molecule has 1 unspecified atom stereocenters. The molecular weight excluding hydrogens is 291 g/mol. The number of carbonyl (C=O) groups is 3. The topological polar surface area (TPSA) is 78.5 Å². The zero-order valence-electron chi connectivity index (χ0n) is 11.4. The van der Waals surface area contributed by atoms with Gasteiger partial charge < -0.3 is 15.5 Å². The fourth-order valence-corrected chi connectivity index (χ4v) is 2.46. The Kier molecular flexibility index (Phi) is 3.85. The Morgan fingerprint density at radius 2 is 1.95 bits per heavy atom. The molecule has 0 aromatic heterocycles. The molecule has 1 aliphatic carbocycles. The number of amides is 3. The summed E-state index contributed by atoms with van der Waals surface area (Å²) in [6.07, 6.45) is -3.59. The predicted molar refractivity (Wildman–Crippen MR) is 64.9 cm³/mol. The first kappa shape index (κ1) is 15.6. The van der Waals surface area contributed by atoms with Crippen LogP contribution in [0.25, 0.3) is 0 Å². The molecule has 6 nitrogen and oxygen atoms in total. The second-order valence-corrected chi connectivity index (χ2v) is 5.35. The number of rotatable bonds is 4. The zero-order chi connectivity index (χ0) is 15.8. The normalized spacial score (nSPS) is 23.9. The Hall–Kier alpha value is -1.80. The van der Waals surface area contributed by atoms with Gasteiger partial charge in [-0.05, 0) is 19.3 Å². The van der Waals surface area contributed by atoms with E-state index >= 15 is 0 Å². The summed E-state index contributed by atoms with van der Waals surface area (Å²) in [5, 5.41) is 4.78. The van der Waals surface area contributed by atoms with Gasteiger partial charge in [-0.3, -0.25) is 14.4 Å². The van der Waals surface area contributed by atoms with Crippen LogP contribution in [0, 0.1) is 5.41 Å². The van der Waals surface area contributed by atoms with Crippen LogP contribution in [0.1, 0.15) is 19.3 Å². The third-order valence-corrected chi connectivity index (χ3v) is 3.82. The van der Waals surface area contributed by atoms with E-state index in [2.05, 4.69) is 10.6 Å². The third kappa shape index (κ3) is 3.11. The van der Waals surface area contributed by atoms with Gasteiger partial charge in [0.15, 0.2) is 0 Å². The molecule has 9 heteroatoms. The van der Waals surface area contributed by atoms with E-state index in [1.165, 1.54) is 7.05 Å². The largest absolute Gasteiger partial charge is 0.406 e. The van der Waals surface area contributed by atoms with Crippen molar-refractivity contribution in [3.05, 3.63) is 0 Å². The molecule has 2 rings (SSSR count). The first-order chi connectivity index (χ1) is 9.69. The van der Waals surface area contributed by atoms with Gasteiger partial charge in [0.05, 0.1) is 0 Å². The summed E-state index contributed by atoms with van der Waals surface area (Å²) in [4.78, 5) is 36.2. The highest BCUT2D eigenvalue weighted by Crippen LogP contribution is 2.46. The number of hydrogen-bond acceptors (Lipinski definition) is 3. The van der Waals surface area contributed by atoms with Gasteiger partial charge in [0.1, 0.15) is 18.0 Å². The maximum Gasteiger partial charge on any atom is 0.406 e. The quantitative estimate of drug-likeness (QED) is 0.706. The molecule has 2 N–H and O–H groups in total. The molecule has 2 aliphatic rings. The molecule has 1 saturated heterocycles. The van der Waals surface area contributed by atoms with Gasteiger partial charge in [0.25, 0.3) is 0 Å². The highest BCUT2D eigenvalue weighted by atomic mass is 19.4. The number of carbonyl (C=O) groups excluding carboxylic acids is 3. The van der Waals surface area contributed by atoms with Crippen LogP contribution in [0.5, 0.6) is 0 Å². The van der Waals surface area contributed by atoms with Crippen molar-refractivity contribution in [3.63, 3.8) is 0 Å². The van der Waals surface area contributed by atoms with Gasteiger partial charge in [0.2, 0.25) is 17.7 Å². The lowest BCUT2D eigenvalue weighted by molar-refractivity contribution is -0.158. The summed E-state index contributed by atoms with van der Waals surface area (Å²) in [7, 11) is 1.40. The SMILES string of the molecule is CNC(=O)C1(C(=O)NC2CCN(CC(F)(F)F)C2=O)CC1. The van der Waals surface area contributed by atoms with Crippen LogP contribution in [0.15, 0.2) is 0 Å². The predicted octanol–water partition coefficient (Wildman–Crippen LogP) is -0.208. The van der Waals surface area contributed by atoms with E-state index in [-0.39, 0.29) is 13.0 Å². The van der Waals surface area contributed by atoms with Crippen LogP contribution >= 0.6 is 0 Å². The molecular formula is C12H16F3N3O3. The van der Waals surface area contributed by atoms with Crippen molar-refractivity contribution in [2.75, 3.05) is 20.1 Å². The van der Waals surface area contributed by atoms with Crippen LogP contribution < -0.4 is 10.6 Å². The molecule has 0 spiro atoms. The van der Waals surface area contributed by atoms with E-state index in [0.29, 0.717) is 17.7 Å². The Morgan fingerprint density at radius 1 is 1.33 bits per heavy atom. The smallest absolute Gasteiger partial charge is 0.358 e. The molecule has 1 atom stereocenters.